The van der Waals surface area contributed by atoms with Gasteiger partial charge in [-0.25, -0.2) is 4.39 Å². The number of primary amides is 1. The van der Waals surface area contributed by atoms with Gasteiger partial charge in [0.05, 0.1) is 24.7 Å². The van der Waals surface area contributed by atoms with E-state index < -0.39 is 17.1 Å². The van der Waals surface area contributed by atoms with Crippen LogP contribution in [0, 0.1) is 34.4 Å². The molecule has 4 saturated carbocycles. The van der Waals surface area contributed by atoms with Crippen LogP contribution in [0.5, 0.6) is 11.5 Å². The van der Waals surface area contributed by atoms with E-state index in [-0.39, 0.29) is 64.2 Å². The Hall–Kier alpha value is -2.84. The summed E-state index contributed by atoms with van der Waals surface area (Å²) < 4.78 is 26.3. The zero-order chi connectivity index (χ0) is 27.9. The molecule has 0 radical (unpaired) electrons. The predicted octanol–water partition coefficient (Wildman–Crippen LogP) is 4.10. The van der Waals surface area contributed by atoms with Crippen LogP contribution in [-0.2, 0) is 9.59 Å². The fraction of sp³-hybridized carbons (Fsp3) is 0.700. The lowest BCUT2D eigenvalue weighted by atomic mass is 9.70. The first kappa shape index (κ1) is 27.7. The summed E-state index contributed by atoms with van der Waals surface area (Å²) in [6.07, 6.45) is 8.34. The summed E-state index contributed by atoms with van der Waals surface area (Å²) >= 11 is 0. The molecule has 3 amide bonds. The minimum Gasteiger partial charge on any atom is -0.496 e. The normalized spacial score (nSPS) is 32.7. The third kappa shape index (κ3) is 5.46. The number of nitrogens with one attached hydrogen (secondary N) is 2. The van der Waals surface area contributed by atoms with Crippen molar-refractivity contribution >= 4 is 17.7 Å². The molecule has 8 nitrogen and oxygen atoms in total. The molecule has 1 aromatic carbocycles. The zero-order valence-corrected chi connectivity index (χ0v) is 23.3. The lowest BCUT2D eigenvalue weighted by Crippen LogP contribution is -2.51. The third-order valence-corrected chi connectivity index (χ3v) is 10.2. The number of benzene rings is 1. The molecule has 2 bridgehead atoms. The van der Waals surface area contributed by atoms with Gasteiger partial charge in [0.15, 0.2) is 11.6 Å². The van der Waals surface area contributed by atoms with E-state index in [0.717, 1.165) is 32.1 Å². The molecule has 4 N–H and O–H groups in total. The number of amides is 3. The maximum Gasteiger partial charge on any atom is 0.255 e. The second kappa shape index (κ2) is 10.6. The van der Waals surface area contributed by atoms with Crippen molar-refractivity contribution in [2.24, 2.45) is 34.3 Å². The first-order valence-corrected chi connectivity index (χ1v) is 14.4. The number of methoxy groups -OCH3 is 1. The summed E-state index contributed by atoms with van der Waals surface area (Å²) in [6, 6.07) is 2.30. The Morgan fingerprint density at radius 1 is 1.03 bits per heavy atom. The molecule has 9 heteroatoms. The average molecular weight is 544 g/mol. The van der Waals surface area contributed by atoms with Crippen molar-refractivity contribution in [3.05, 3.63) is 23.5 Å². The highest BCUT2D eigenvalue weighted by Crippen LogP contribution is 2.49. The number of halogens is 1. The number of nitrogens with two attached hydrogens (primary N) is 1. The summed E-state index contributed by atoms with van der Waals surface area (Å²) in [7, 11) is 1.40. The van der Waals surface area contributed by atoms with Crippen LogP contribution in [-0.4, -0.2) is 43.5 Å². The van der Waals surface area contributed by atoms with Gasteiger partial charge in [-0.2, -0.15) is 0 Å². The third-order valence-electron chi connectivity index (χ3n) is 10.2. The molecule has 0 unspecified atom stereocenters. The molecular formula is C30H42FN3O5. The van der Waals surface area contributed by atoms with Crippen LogP contribution in [0.2, 0.25) is 0 Å². The average Bonchev–Trinajstić information content (AvgIpc) is 3.50. The van der Waals surface area contributed by atoms with Crippen molar-refractivity contribution in [3.8, 4) is 11.5 Å². The second-order valence-electron chi connectivity index (χ2n) is 13.0. The van der Waals surface area contributed by atoms with E-state index in [1.54, 1.807) is 0 Å². The number of carbonyl (C=O) groups excluding carboxylic acids is 3. The van der Waals surface area contributed by atoms with Gasteiger partial charge >= 0.3 is 0 Å². The molecule has 4 atom stereocenters. The summed E-state index contributed by atoms with van der Waals surface area (Å²) in [5.41, 5.74) is 5.33. The Kier molecular flexibility index (Phi) is 7.55. The minimum absolute atomic E-state index is 0.0235. The van der Waals surface area contributed by atoms with E-state index in [2.05, 4.69) is 17.6 Å². The van der Waals surface area contributed by atoms with Crippen molar-refractivity contribution in [3.63, 3.8) is 0 Å². The molecule has 0 heterocycles. The largest absolute Gasteiger partial charge is 0.496 e. The van der Waals surface area contributed by atoms with Gasteiger partial charge in [0.1, 0.15) is 5.75 Å². The van der Waals surface area contributed by atoms with Gasteiger partial charge in [-0.05, 0) is 81.1 Å². The van der Waals surface area contributed by atoms with E-state index in [0.29, 0.717) is 32.2 Å². The predicted molar refractivity (Wildman–Crippen MR) is 144 cm³/mol. The number of rotatable bonds is 9. The van der Waals surface area contributed by atoms with Crippen LogP contribution in [0.3, 0.4) is 0 Å². The Morgan fingerprint density at radius 3 is 2.33 bits per heavy atom. The summed E-state index contributed by atoms with van der Waals surface area (Å²) in [4.78, 5) is 38.6. The summed E-state index contributed by atoms with van der Waals surface area (Å²) in [6.45, 7) is 4.73. The highest BCUT2D eigenvalue weighted by atomic mass is 19.1. The van der Waals surface area contributed by atoms with Crippen LogP contribution >= 0.6 is 0 Å². The Labute approximate surface area is 229 Å². The number of hydrogen-bond donors (Lipinski definition) is 3. The van der Waals surface area contributed by atoms with Gasteiger partial charge in [-0.15, -0.1) is 0 Å². The first-order valence-electron chi connectivity index (χ1n) is 14.4. The van der Waals surface area contributed by atoms with Crippen LogP contribution in [0.25, 0.3) is 0 Å². The van der Waals surface area contributed by atoms with Gasteiger partial charge in [-0.1, -0.05) is 20.3 Å². The molecule has 214 valence electrons. The lowest BCUT2D eigenvalue weighted by molar-refractivity contribution is -0.129. The molecule has 39 heavy (non-hydrogen) atoms. The van der Waals surface area contributed by atoms with Crippen molar-refractivity contribution in [1.29, 1.82) is 0 Å². The number of fused-ring (bicyclic) bond motifs is 2. The van der Waals surface area contributed by atoms with E-state index >= 15 is 0 Å². The van der Waals surface area contributed by atoms with Gasteiger partial charge < -0.3 is 25.8 Å². The molecular weight excluding hydrogens is 501 g/mol. The Bertz CT molecular complexity index is 1130. The van der Waals surface area contributed by atoms with Crippen LogP contribution in [0.4, 0.5) is 4.39 Å². The van der Waals surface area contributed by atoms with Crippen molar-refractivity contribution in [2.45, 2.75) is 90.2 Å². The quantitative estimate of drug-likeness (QED) is 0.433. The maximum absolute atomic E-state index is 15.0. The Balaban J connectivity index is 1.28. The van der Waals surface area contributed by atoms with Crippen molar-refractivity contribution < 1.29 is 28.2 Å². The SMILES string of the molecule is COc1cc(F)c(O[C@H]2CC[C@@](C)(C(N)=O)CC2)cc1C(=O)N[C@@H]1[C@H]2CC[C@H](C2)[C@@H]1C(=O)NCC1(C)CCC1. The van der Waals surface area contributed by atoms with Crippen molar-refractivity contribution in [1.82, 2.24) is 10.6 Å². The summed E-state index contributed by atoms with van der Waals surface area (Å²) in [5.74, 6) is -0.985. The zero-order valence-electron chi connectivity index (χ0n) is 23.3. The molecule has 0 aliphatic heterocycles. The standard InChI is InChI=1S/C30H42FN3O5/c1-29(9-4-10-29)16-33-27(36)24-17-5-6-18(13-17)25(24)34-26(35)20-14-23(21(31)15-22(20)38-3)39-19-7-11-30(2,12-8-19)28(32)37/h14-15,17-19,24-25H,4-13,16H2,1-3H3,(H2,32,37)(H,33,36)(H,34,35)/t17-,18+,19-,24+,25-,30+/m1/s1. The number of hydrogen-bond acceptors (Lipinski definition) is 5. The topological polar surface area (TPSA) is 120 Å². The molecule has 4 aliphatic carbocycles. The minimum atomic E-state index is -0.617. The fourth-order valence-corrected chi connectivity index (χ4v) is 7.22. The van der Waals surface area contributed by atoms with Gasteiger partial charge in [0, 0.05) is 24.1 Å². The van der Waals surface area contributed by atoms with E-state index in [1.165, 1.54) is 25.7 Å². The van der Waals surface area contributed by atoms with Gasteiger partial charge in [-0.3, -0.25) is 14.4 Å². The lowest BCUT2D eigenvalue weighted by Gasteiger charge is -2.39. The highest BCUT2D eigenvalue weighted by Gasteiger charge is 2.51. The number of ether oxygens (including phenoxy) is 2. The summed E-state index contributed by atoms with van der Waals surface area (Å²) in [5, 5.41) is 6.30. The monoisotopic (exact) mass is 543 g/mol. The van der Waals surface area contributed by atoms with Crippen LogP contribution in [0.1, 0.15) is 88.4 Å². The smallest absolute Gasteiger partial charge is 0.255 e. The van der Waals surface area contributed by atoms with Gasteiger partial charge in [0.2, 0.25) is 11.8 Å². The fourth-order valence-electron chi connectivity index (χ4n) is 7.22. The van der Waals surface area contributed by atoms with E-state index in [4.69, 9.17) is 15.2 Å². The molecule has 4 aliphatic rings. The van der Waals surface area contributed by atoms with Crippen molar-refractivity contribution in [2.75, 3.05) is 13.7 Å². The van der Waals surface area contributed by atoms with Crippen LogP contribution in [0.15, 0.2) is 12.1 Å². The second-order valence-corrected chi connectivity index (χ2v) is 13.0. The van der Waals surface area contributed by atoms with Crippen LogP contribution < -0.4 is 25.8 Å². The molecule has 1 aromatic rings. The first-order chi connectivity index (χ1) is 18.5. The molecule has 0 aromatic heterocycles. The molecule has 5 rings (SSSR count). The molecule has 0 spiro atoms. The molecule has 0 saturated heterocycles. The van der Waals surface area contributed by atoms with E-state index in [1.807, 2.05) is 6.92 Å². The molecule has 4 fully saturated rings. The number of carbonyl (C=O) groups is 3. The maximum atomic E-state index is 15.0. The Morgan fingerprint density at radius 2 is 1.72 bits per heavy atom. The highest BCUT2D eigenvalue weighted by molar-refractivity contribution is 5.98. The van der Waals surface area contributed by atoms with Gasteiger partial charge in [0.25, 0.3) is 5.91 Å². The van der Waals surface area contributed by atoms with E-state index in [9.17, 15) is 18.8 Å².